The van der Waals surface area contributed by atoms with Gasteiger partial charge in [0.1, 0.15) is 17.2 Å². The van der Waals surface area contributed by atoms with Gasteiger partial charge in [-0.2, -0.15) is 0 Å². The Morgan fingerprint density at radius 3 is 3.00 bits per heavy atom. The summed E-state index contributed by atoms with van der Waals surface area (Å²) in [6.07, 6.45) is 4.56. The number of rotatable bonds is 6. The van der Waals surface area contributed by atoms with Crippen LogP contribution in [0, 0.1) is 17.7 Å². The number of phenolic OH excluding ortho intramolecular Hbond substituents is 1. The molecule has 6 heteroatoms. The van der Waals surface area contributed by atoms with Crippen molar-refractivity contribution in [3.63, 3.8) is 0 Å². The first-order chi connectivity index (χ1) is 12.4. The quantitative estimate of drug-likeness (QED) is 0.785. The smallest absolute Gasteiger partial charge is 0.189 e. The molecule has 3 unspecified atom stereocenters. The molecule has 0 aromatic heterocycles. The van der Waals surface area contributed by atoms with Crippen LogP contribution in [0.25, 0.3) is 0 Å². The van der Waals surface area contributed by atoms with Gasteiger partial charge in [0.15, 0.2) is 24.1 Å². The SMILES string of the molecule is C=CCC1CC2(C(C)Cc3cc(O)c(OC)cc3F)OCOC2=CC1=O. The molecule has 3 rings (SSSR count). The molecule has 1 aliphatic heterocycles. The van der Waals surface area contributed by atoms with Crippen LogP contribution in [0.3, 0.4) is 0 Å². The molecule has 0 saturated carbocycles. The van der Waals surface area contributed by atoms with E-state index < -0.39 is 11.4 Å². The Hall–Kier alpha value is -2.34. The number of ether oxygens (including phenoxy) is 3. The minimum Gasteiger partial charge on any atom is -0.504 e. The van der Waals surface area contributed by atoms with Crippen LogP contribution >= 0.6 is 0 Å². The predicted octanol–water partition coefficient (Wildman–Crippen LogP) is 3.51. The zero-order chi connectivity index (χ0) is 18.9. The molecule has 1 N–H and O–H groups in total. The summed E-state index contributed by atoms with van der Waals surface area (Å²) in [6, 6.07) is 2.54. The molecule has 0 amide bonds. The number of benzene rings is 1. The van der Waals surface area contributed by atoms with Gasteiger partial charge in [-0.1, -0.05) is 13.0 Å². The van der Waals surface area contributed by atoms with Gasteiger partial charge in [0.25, 0.3) is 0 Å². The molecule has 0 radical (unpaired) electrons. The van der Waals surface area contributed by atoms with Crippen molar-refractivity contribution in [2.75, 3.05) is 13.9 Å². The molecule has 2 aliphatic rings. The molecule has 0 bridgehead atoms. The van der Waals surface area contributed by atoms with Crippen LogP contribution in [0.4, 0.5) is 4.39 Å². The first-order valence-electron chi connectivity index (χ1n) is 8.60. The molecular weight excluding hydrogens is 339 g/mol. The monoisotopic (exact) mass is 362 g/mol. The van der Waals surface area contributed by atoms with Gasteiger partial charge in [0.2, 0.25) is 0 Å². The molecule has 5 nitrogen and oxygen atoms in total. The topological polar surface area (TPSA) is 65.0 Å². The number of ketones is 1. The number of halogens is 1. The Kier molecular flexibility index (Phi) is 5.05. The van der Waals surface area contributed by atoms with Crippen molar-refractivity contribution in [2.24, 2.45) is 11.8 Å². The summed E-state index contributed by atoms with van der Waals surface area (Å²) in [7, 11) is 1.37. The zero-order valence-electron chi connectivity index (χ0n) is 15.0. The number of fused-ring (bicyclic) bond motifs is 1. The Morgan fingerprint density at radius 1 is 1.54 bits per heavy atom. The Bertz CT molecular complexity index is 757. The second-order valence-corrected chi connectivity index (χ2v) is 6.85. The van der Waals surface area contributed by atoms with E-state index in [1.807, 2.05) is 6.92 Å². The van der Waals surface area contributed by atoms with E-state index in [4.69, 9.17) is 14.2 Å². The summed E-state index contributed by atoms with van der Waals surface area (Å²) in [6.45, 7) is 5.72. The highest BCUT2D eigenvalue weighted by atomic mass is 19.1. The summed E-state index contributed by atoms with van der Waals surface area (Å²) >= 11 is 0. The lowest BCUT2D eigenvalue weighted by Crippen LogP contribution is -2.45. The fraction of sp³-hybridized carbons (Fsp3) is 0.450. The first kappa shape index (κ1) is 18.5. The standard InChI is InChI=1S/C20H23FO5/c1-4-5-13-10-20(19(9-16(13)22)25-11-26-20)12(2)6-14-7-17(23)18(24-3)8-15(14)21/h4,7-9,12-13,23H,1,5-6,10-11H2,2-3H3. The number of aromatic hydroxyl groups is 1. The molecule has 140 valence electrons. The third-order valence-corrected chi connectivity index (χ3v) is 5.29. The Labute approximate surface area is 152 Å². The molecule has 1 aromatic rings. The summed E-state index contributed by atoms with van der Waals surface area (Å²) in [5, 5.41) is 9.96. The van der Waals surface area contributed by atoms with E-state index in [9.17, 15) is 14.3 Å². The Morgan fingerprint density at radius 2 is 2.31 bits per heavy atom. The lowest BCUT2D eigenvalue weighted by molar-refractivity contribution is -0.123. The van der Waals surface area contributed by atoms with Crippen molar-refractivity contribution in [3.05, 3.63) is 48.0 Å². The lowest BCUT2D eigenvalue weighted by atomic mass is 9.71. The van der Waals surface area contributed by atoms with Gasteiger partial charge < -0.3 is 19.3 Å². The summed E-state index contributed by atoms with van der Waals surface area (Å²) in [5.74, 6) is -0.367. The number of allylic oxidation sites excluding steroid dienone is 2. The summed E-state index contributed by atoms with van der Waals surface area (Å²) in [5.41, 5.74) is -0.416. The maximum absolute atomic E-state index is 14.4. The largest absolute Gasteiger partial charge is 0.504 e. The van der Waals surface area contributed by atoms with Crippen molar-refractivity contribution in [1.82, 2.24) is 0 Å². The van der Waals surface area contributed by atoms with Crippen LogP contribution in [0.15, 0.2) is 36.6 Å². The second kappa shape index (κ2) is 7.11. The van der Waals surface area contributed by atoms with Crippen LogP contribution in [-0.2, 0) is 20.7 Å². The number of methoxy groups -OCH3 is 1. The van der Waals surface area contributed by atoms with Crippen LogP contribution in [-0.4, -0.2) is 30.4 Å². The fourth-order valence-corrected chi connectivity index (χ4v) is 3.82. The summed E-state index contributed by atoms with van der Waals surface area (Å²) in [4.78, 5) is 12.3. The van der Waals surface area contributed by atoms with Gasteiger partial charge in [-0.3, -0.25) is 4.79 Å². The average Bonchev–Trinajstić information content (AvgIpc) is 3.02. The number of phenols is 1. The average molecular weight is 362 g/mol. The normalized spacial score (nSPS) is 25.9. The maximum atomic E-state index is 14.4. The number of hydrogen-bond acceptors (Lipinski definition) is 5. The minimum atomic E-state index is -0.774. The van der Waals surface area contributed by atoms with Crippen molar-refractivity contribution in [3.8, 4) is 11.5 Å². The van der Waals surface area contributed by atoms with Gasteiger partial charge in [-0.25, -0.2) is 4.39 Å². The van der Waals surface area contributed by atoms with Gasteiger partial charge in [0, 0.05) is 18.1 Å². The van der Waals surface area contributed by atoms with E-state index in [0.29, 0.717) is 30.6 Å². The fourth-order valence-electron chi connectivity index (χ4n) is 3.82. The van der Waals surface area contributed by atoms with Crippen molar-refractivity contribution in [1.29, 1.82) is 0 Å². The predicted molar refractivity (Wildman–Crippen MR) is 93.3 cm³/mol. The van der Waals surface area contributed by atoms with Crippen molar-refractivity contribution in [2.45, 2.75) is 31.8 Å². The van der Waals surface area contributed by atoms with Gasteiger partial charge >= 0.3 is 0 Å². The molecule has 1 aromatic carbocycles. The van der Waals surface area contributed by atoms with Crippen molar-refractivity contribution >= 4 is 5.78 Å². The molecule has 0 spiro atoms. The molecule has 26 heavy (non-hydrogen) atoms. The molecular formula is C20H23FO5. The van der Waals surface area contributed by atoms with Crippen molar-refractivity contribution < 1.29 is 28.5 Å². The van der Waals surface area contributed by atoms with E-state index in [1.165, 1.54) is 25.3 Å². The van der Waals surface area contributed by atoms with E-state index in [0.717, 1.165) is 0 Å². The minimum absolute atomic E-state index is 0.00139. The maximum Gasteiger partial charge on any atom is 0.189 e. The van der Waals surface area contributed by atoms with E-state index in [2.05, 4.69) is 6.58 Å². The van der Waals surface area contributed by atoms with Gasteiger partial charge in [-0.15, -0.1) is 6.58 Å². The molecule has 1 fully saturated rings. The highest BCUT2D eigenvalue weighted by molar-refractivity contribution is 5.93. The summed E-state index contributed by atoms with van der Waals surface area (Å²) < 4.78 is 30.8. The second-order valence-electron chi connectivity index (χ2n) is 6.85. The Balaban J connectivity index is 1.89. The third kappa shape index (κ3) is 3.09. The lowest BCUT2D eigenvalue weighted by Gasteiger charge is -2.38. The molecule has 1 aliphatic carbocycles. The number of carbonyl (C=O) groups excluding carboxylic acids is 1. The third-order valence-electron chi connectivity index (χ3n) is 5.29. The van der Waals surface area contributed by atoms with Crippen LogP contribution in [0.2, 0.25) is 0 Å². The molecule has 1 heterocycles. The number of carbonyl (C=O) groups is 1. The number of hydrogen-bond donors (Lipinski definition) is 1. The van der Waals surface area contributed by atoms with Crippen LogP contribution in [0.5, 0.6) is 11.5 Å². The van der Waals surface area contributed by atoms with E-state index in [-0.39, 0.29) is 35.9 Å². The van der Waals surface area contributed by atoms with E-state index in [1.54, 1.807) is 6.08 Å². The zero-order valence-corrected chi connectivity index (χ0v) is 15.0. The van der Waals surface area contributed by atoms with E-state index >= 15 is 0 Å². The highest BCUT2D eigenvalue weighted by Gasteiger charge is 2.51. The van der Waals surface area contributed by atoms with Gasteiger partial charge in [-0.05, 0) is 36.8 Å². The van der Waals surface area contributed by atoms with Crippen LogP contribution in [0.1, 0.15) is 25.3 Å². The highest BCUT2D eigenvalue weighted by Crippen LogP contribution is 2.46. The first-order valence-corrected chi connectivity index (χ1v) is 8.60. The van der Waals surface area contributed by atoms with Crippen LogP contribution < -0.4 is 4.74 Å². The molecule has 1 saturated heterocycles. The van der Waals surface area contributed by atoms with Gasteiger partial charge in [0.05, 0.1) is 7.11 Å². The molecule has 3 atom stereocenters.